The molecule has 0 bridgehead atoms. The minimum Gasteiger partial charge on any atom is -0.459 e. The highest BCUT2D eigenvalue weighted by Crippen LogP contribution is 2.38. The van der Waals surface area contributed by atoms with Gasteiger partial charge in [-0.1, -0.05) is 0 Å². The highest BCUT2D eigenvalue weighted by Gasteiger charge is 2.35. The minimum atomic E-state index is -4.57. The maximum Gasteiger partial charge on any atom is 0.420 e. The van der Waals surface area contributed by atoms with E-state index in [0.29, 0.717) is 0 Å². The molecule has 0 spiro atoms. The van der Waals surface area contributed by atoms with E-state index in [1.807, 2.05) is 0 Å². The van der Waals surface area contributed by atoms with E-state index in [1.54, 1.807) is 0 Å². The van der Waals surface area contributed by atoms with Crippen molar-refractivity contribution in [1.29, 1.82) is 0 Å². The first-order valence-electron chi connectivity index (χ1n) is 5.42. The average Bonchev–Trinajstić information content (AvgIpc) is 2.68. The fraction of sp³-hybridized carbons (Fsp3) is 0.250. The van der Waals surface area contributed by atoms with Gasteiger partial charge in [-0.25, -0.2) is 0 Å². The van der Waals surface area contributed by atoms with Gasteiger partial charge in [-0.05, 0) is 18.2 Å². The molecular formula is C12H11F3N2O2. The Bertz CT molecular complexity index is 632. The lowest BCUT2D eigenvalue weighted by Crippen LogP contribution is -2.09. The number of anilines is 1. The van der Waals surface area contributed by atoms with Crippen molar-refractivity contribution in [3.05, 3.63) is 29.5 Å². The number of furan rings is 1. The van der Waals surface area contributed by atoms with Gasteiger partial charge < -0.3 is 15.5 Å². The average molecular weight is 272 g/mol. The molecule has 1 aromatic carbocycles. The zero-order valence-electron chi connectivity index (χ0n) is 9.97. The summed E-state index contributed by atoms with van der Waals surface area (Å²) in [5, 5.41) is 2.57. The molecule has 1 heterocycles. The molecule has 19 heavy (non-hydrogen) atoms. The predicted octanol–water partition coefficient (Wildman–Crippen LogP) is 2.87. The van der Waals surface area contributed by atoms with Gasteiger partial charge >= 0.3 is 6.18 Å². The van der Waals surface area contributed by atoms with Gasteiger partial charge in [0.05, 0.1) is 6.54 Å². The Labute approximate surface area is 106 Å². The van der Waals surface area contributed by atoms with Gasteiger partial charge in [0.1, 0.15) is 16.9 Å². The molecule has 1 aromatic heterocycles. The Balaban J connectivity index is 2.67. The Kier molecular flexibility index (Phi) is 3.23. The second kappa shape index (κ2) is 4.58. The number of nitrogens with one attached hydrogen (secondary N) is 1. The van der Waals surface area contributed by atoms with Crippen molar-refractivity contribution >= 4 is 22.6 Å². The molecule has 3 N–H and O–H groups in total. The third-order valence-corrected chi connectivity index (χ3v) is 2.49. The van der Waals surface area contributed by atoms with Crippen molar-refractivity contribution in [3.63, 3.8) is 0 Å². The highest BCUT2D eigenvalue weighted by atomic mass is 19.4. The summed E-state index contributed by atoms with van der Waals surface area (Å²) in [6, 6.07) is 3.68. The van der Waals surface area contributed by atoms with Crippen LogP contribution in [-0.4, -0.2) is 5.91 Å². The molecular weight excluding hydrogens is 261 g/mol. The van der Waals surface area contributed by atoms with Gasteiger partial charge in [0.15, 0.2) is 0 Å². The van der Waals surface area contributed by atoms with Gasteiger partial charge in [-0.3, -0.25) is 4.79 Å². The standard InChI is InChI=1S/C12H11F3N2O2/c1-6(18)17-8-2-7-3-9(5-16)19-11(7)10(4-8)12(13,14)15/h2-4H,5,16H2,1H3,(H,17,18). The summed E-state index contributed by atoms with van der Waals surface area (Å²) < 4.78 is 43.9. The lowest BCUT2D eigenvalue weighted by atomic mass is 10.1. The number of carbonyl (C=O) groups excluding carboxylic acids is 1. The second-order valence-electron chi connectivity index (χ2n) is 4.04. The van der Waals surface area contributed by atoms with Crippen LogP contribution in [-0.2, 0) is 17.5 Å². The number of fused-ring (bicyclic) bond motifs is 1. The lowest BCUT2D eigenvalue weighted by Gasteiger charge is -2.10. The van der Waals surface area contributed by atoms with Crippen LogP contribution in [0.15, 0.2) is 22.6 Å². The number of hydrogen-bond donors (Lipinski definition) is 2. The minimum absolute atomic E-state index is 0.00144. The molecule has 1 amide bonds. The quantitative estimate of drug-likeness (QED) is 0.883. The van der Waals surface area contributed by atoms with E-state index in [4.69, 9.17) is 10.2 Å². The number of amides is 1. The van der Waals surface area contributed by atoms with Crippen LogP contribution in [0.2, 0.25) is 0 Å². The SMILES string of the molecule is CC(=O)Nc1cc(C(F)(F)F)c2oc(CN)cc2c1. The first-order chi connectivity index (χ1) is 8.81. The van der Waals surface area contributed by atoms with Crippen LogP contribution in [0, 0.1) is 0 Å². The number of carbonyl (C=O) groups is 1. The van der Waals surface area contributed by atoms with E-state index in [2.05, 4.69) is 5.32 Å². The molecule has 2 aromatic rings. The first kappa shape index (κ1) is 13.4. The van der Waals surface area contributed by atoms with Crippen molar-refractivity contribution in [3.8, 4) is 0 Å². The fourth-order valence-corrected chi connectivity index (χ4v) is 1.79. The third kappa shape index (κ3) is 2.70. The van der Waals surface area contributed by atoms with Crippen LogP contribution >= 0.6 is 0 Å². The number of nitrogens with two attached hydrogens (primary N) is 1. The van der Waals surface area contributed by atoms with Crippen molar-refractivity contribution < 1.29 is 22.4 Å². The van der Waals surface area contributed by atoms with Gasteiger partial charge in [0.25, 0.3) is 0 Å². The molecule has 2 rings (SSSR count). The van der Waals surface area contributed by atoms with E-state index in [9.17, 15) is 18.0 Å². The number of alkyl halides is 3. The van der Waals surface area contributed by atoms with Crippen molar-refractivity contribution in [1.82, 2.24) is 0 Å². The zero-order valence-corrected chi connectivity index (χ0v) is 9.97. The number of rotatable bonds is 2. The molecule has 7 heteroatoms. The van der Waals surface area contributed by atoms with Crippen LogP contribution in [0.3, 0.4) is 0 Å². The summed E-state index contributed by atoms with van der Waals surface area (Å²) in [5.74, 6) is -0.199. The van der Waals surface area contributed by atoms with Gasteiger partial charge in [-0.2, -0.15) is 13.2 Å². The van der Waals surface area contributed by atoms with Crippen LogP contribution in [0.5, 0.6) is 0 Å². The number of halogens is 3. The van der Waals surface area contributed by atoms with Crippen molar-refractivity contribution in [2.75, 3.05) is 5.32 Å². The molecule has 0 atom stereocenters. The van der Waals surface area contributed by atoms with Crippen LogP contribution in [0.4, 0.5) is 18.9 Å². The topological polar surface area (TPSA) is 68.3 Å². The van der Waals surface area contributed by atoms with E-state index in [-0.39, 0.29) is 29.0 Å². The Hall–Kier alpha value is -2.02. The maximum atomic E-state index is 12.9. The van der Waals surface area contributed by atoms with Crippen LogP contribution < -0.4 is 11.1 Å². The summed E-state index contributed by atoms with van der Waals surface area (Å²) in [7, 11) is 0. The van der Waals surface area contributed by atoms with Crippen LogP contribution in [0.25, 0.3) is 11.0 Å². The van der Waals surface area contributed by atoms with E-state index in [1.165, 1.54) is 19.1 Å². The van der Waals surface area contributed by atoms with Crippen molar-refractivity contribution in [2.45, 2.75) is 19.6 Å². The largest absolute Gasteiger partial charge is 0.459 e. The van der Waals surface area contributed by atoms with Gasteiger partial charge in [0.2, 0.25) is 5.91 Å². The molecule has 102 valence electrons. The van der Waals surface area contributed by atoms with E-state index >= 15 is 0 Å². The summed E-state index contributed by atoms with van der Waals surface area (Å²) in [5.41, 5.74) is 4.20. The Morgan fingerprint density at radius 3 is 2.58 bits per heavy atom. The smallest absolute Gasteiger partial charge is 0.420 e. The number of hydrogen-bond acceptors (Lipinski definition) is 3. The maximum absolute atomic E-state index is 12.9. The number of benzene rings is 1. The Morgan fingerprint density at radius 1 is 1.37 bits per heavy atom. The lowest BCUT2D eigenvalue weighted by molar-refractivity contribution is -0.136. The summed E-state index contributed by atoms with van der Waals surface area (Å²) in [6.07, 6.45) is -4.57. The fourth-order valence-electron chi connectivity index (χ4n) is 1.79. The van der Waals surface area contributed by atoms with Crippen molar-refractivity contribution in [2.24, 2.45) is 5.73 Å². The molecule has 0 aliphatic carbocycles. The molecule has 0 aliphatic rings. The highest BCUT2D eigenvalue weighted by molar-refractivity contribution is 5.93. The third-order valence-electron chi connectivity index (χ3n) is 2.49. The summed E-state index contributed by atoms with van der Waals surface area (Å²) >= 11 is 0. The van der Waals surface area contributed by atoms with Gasteiger partial charge in [0, 0.05) is 18.0 Å². The van der Waals surface area contributed by atoms with Gasteiger partial charge in [-0.15, -0.1) is 0 Å². The van der Waals surface area contributed by atoms with E-state index < -0.39 is 17.6 Å². The van der Waals surface area contributed by atoms with Crippen LogP contribution in [0.1, 0.15) is 18.2 Å². The first-order valence-corrected chi connectivity index (χ1v) is 5.42. The molecule has 0 saturated carbocycles. The van der Waals surface area contributed by atoms with E-state index in [0.717, 1.165) is 6.07 Å². The molecule has 0 aliphatic heterocycles. The monoisotopic (exact) mass is 272 g/mol. The Morgan fingerprint density at radius 2 is 2.05 bits per heavy atom. The second-order valence-corrected chi connectivity index (χ2v) is 4.04. The molecule has 0 radical (unpaired) electrons. The summed E-state index contributed by atoms with van der Waals surface area (Å²) in [4.78, 5) is 10.9. The molecule has 0 fully saturated rings. The summed E-state index contributed by atoms with van der Waals surface area (Å²) in [6.45, 7) is 1.22. The zero-order chi connectivity index (χ0) is 14.2. The molecule has 0 saturated heterocycles. The normalized spacial score (nSPS) is 11.8. The molecule has 0 unspecified atom stereocenters. The molecule has 4 nitrogen and oxygen atoms in total. The predicted molar refractivity (Wildman–Crippen MR) is 63.4 cm³/mol.